The molecule has 0 aliphatic heterocycles. The monoisotopic (exact) mass is 348 g/mol. The predicted octanol–water partition coefficient (Wildman–Crippen LogP) is 2.86. The number of benzene rings is 2. The van der Waals surface area contributed by atoms with Gasteiger partial charge in [-0.2, -0.15) is 0 Å². The van der Waals surface area contributed by atoms with Gasteiger partial charge in [-0.25, -0.2) is 4.72 Å². The van der Waals surface area contributed by atoms with E-state index in [1.54, 1.807) is 18.2 Å². The first-order chi connectivity index (χ1) is 11.6. The molecule has 0 bridgehead atoms. The van der Waals surface area contributed by atoms with E-state index in [9.17, 15) is 20.0 Å². The van der Waals surface area contributed by atoms with E-state index in [4.69, 9.17) is 4.74 Å². The van der Waals surface area contributed by atoms with Gasteiger partial charge in [0.1, 0.15) is 10.9 Å². The number of nitrogens with zero attached hydrogens (tertiary/aromatic N) is 1. The first-order valence-corrected chi connectivity index (χ1v) is 7.90. The largest absolute Gasteiger partial charge is 0.480 e. The van der Waals surface area contributed by atoms with Gasteiger partial charge in [-0.1, -0.05) is 42.5 Å². The Morgan fingerprint density at radius 2 is 1.88 bits per heavy atom. The number of carboxylic acid groups (broad SMARTS) is 1. The molecule has 0 heterocycles. The lowest BCUT2D eigenvalue weighted by atomic mass is 10.2. The number of ether oxygens (including phenoxy) is 1. The van der Waals surface area contributed by atoms with Crippen molar-refractivity contribution in [3.05, 3.63) is 70.3 Å². The van der Waals surface area contributed by atoms with Gasteiger partial charge < -0.3 is 9.84 Å². The minimum absolute atomic E-state index is 0.0577. The van der Waals surface area contributed by atoms with Crippen molar-refractivity contribution in [3.63, 3.8) is 0 Å². The van der Waals surface area contributed by atoms with Crippen LogP contribution in [0.25, 0.3) is 0 Å². The first kappa shape index (κ1) is 17.9. The minimum atomic E-state index is -1.09. The second-order valence-corrected chi connectivity index (χ2v) is 5.72. The van der Waals surface area contributed by atoms with Crippen molar-refractivity contribution in [1.82, 2.24) is 4.72 Å². The molecule has 2 N–H and O–H groups in total. The number of nitro benzene ring substituents is 1. The van der Waals surface area contributed by atoms with Gasteiger partial charge in [-0.3, -0.25) is 14.9 Å². The molecule has 0 amide bonds. The second-order valence-electron chi connectivity index (χ2n) is 4.84. The summed E-state index contributed by atoms with van der Waals surface area (Å²) in [5.74, 6) is -1.09. The molecule has 2 aromatic carbocycles. The Labute approximate surface area is 142 Å². The van der Waals surface area contributed by atoms with E-state index < -0.39 is 16.9 Å². The fourth-order valence-corrected chi connectivity index (χ4v) is 2.69. The fourth-order valence-electron chi connectivity index (χ4n) is 1.85. The molecule has 0 saturated heterocycles. The number of hydrogen-bond donors (Lipinski definition) is 2. The molecule has 126 valence electrons. The molecule has 1 atom stereocenters. The smallest absolute Gasteiger partial charge is 0.323 e. The van der Waals surface area contributed by atoms with Crippen molar-refractivity contribution in [2.45, 2.75) is 17.5 Å². The lowest BCUT2D eigenvalue weighted by Crippen LogP contribution is -2.36. The summed E-state index contributed by atoms with van der Waals surface area (Å²) in [6.45, 7) is 0.236. The Balaban J connectivity index is 1.90. The molecule has 0 radical (unpaired) electrons. The van der Waals surface area contributed by atoms with E-state index >= 15 is 0 Å². The number of rotatable bonds is 9. The van der Waals surface area contributed by atoms with Crippen LogP contribution in [-0.2, 0) is 16.1 Å². The van der Waals surface area contributed by atoms with E-state index in [1.165, 1.54) is 6.07 Å². The van der Waals surface area contributed by atoms with Crippen molar-refractivity contribution >= 4 is 23.6 Å². The third kappa shape index (κ3) is 5.34. The molecule has 2 aromatic rings. The highest BCUT2D eigenvalue weighted by molar-refractivity contribution is 7.97. The molecule has 2 rings (SSSR count). The molecule has 0 saturated carbocycles. The highest BCUT2D eigenvalue weighted by atomic mass is 32.2. The summed E-state index contributed by atoms with van der Waals surface area (Å²) in [5.41, 5.74) is 0.859. The first-order valence-electron chi connectivity index (χ1n) is 7.08. The zero-order chi connectivity index (χ0) is 17.4. The standard InChI is InChI=1S/C16H16N2O5S/c19-16(20)13(11-23-10-12-6-2-1-3-7-12)17-24-15-9-5-4-8-14(15)18(21)22/h1-9,13,17H,10-11H2,(H,19,20)/t13-/m0/s1. The topological polar surface area (TPSA) is 102 Å². The average Bonchev–Trinajstić information content (AvgIpc) is 2.58. The highest BCUT2D eigenvalue weighted by Crippen LogP contribution is 2.26. The maximum Gasteiger partial charge on any atom is 0.323 e. The number of hydrogen-bond acceptors (Lipinski definition) is 6. The zero-order valence-corrected chi connectivity index (χ0v) is 13.4. The number of aliphatic carboxylic acids is 1. The molecule has 0 aliphatic carbocycles. The number of nitro groups is 1. The third-order valence-corrected chi connectivity index (χ3v) is 4.03. The van der Waals surface area contributed by atoms with E-state index in [0.717, 1.165) is 17.5 Å². The van der Waals surface area contributed by atoms with Gasteiger partial charge in [0, 0.05) is 6.07 Å². The average molecular weight is 348 g/mol. The van der Waals surface area contributed by atoms with Gasteiger partial charge in [0.2, 0.25) is 0 Å². The van der Waals surface area contributed by atoms with E-state index in [1.807, 2.05) is 30.3 Å². The molecule has 0 aromatic heterocycles. The van der Waals surface area contributed by atoms with Crippen LogP contribution in [0, 0.1) is 10.1 Å². The second kappa shape index (κ2) is 9.02. The Kier molecular flexibility index (Phi) is 6.74. The highest BCUT2D eigenvalue weighted by Gasteiger charge is 2.20. The SMILES string of the molecule is O=C(O)[C@H](COCc1ccccc1)NSc1ccccc1[N+](=O)[O-]. The molecular formula is C16H16N2O5S. The van der Waals surface area contributed by atoms with E-state index in [0.29, 0.717) is 11.5 Å². The Morgan fingerprint density at radius 3 is 2.54 bits per heavy atom. The number of carbonyl (C=O) groups is 1. The van der Waals surface area contributed by atoms with Crippen LogP contribution >= 0.6 is 11.9 Å². The van der Waals surface area contributed by atoms with Crippen LogP contribution in [0.2, 0.25) is 0 Å². The molecule has 0 fully saturated rings. The summed E-state index contributed by atoms with van der Waals surface area (Å²) in [5, 5.41) is 20.2. The molecule has 0 aliphatic rings. The summed E-state index contributed by atoms with van der Waals surface area (Å²) in [7, 11) is 0. The van der Waals surface area contributed by atoms with Gasteiger partial charge in [0.05, 0.1) is 18.1 Å². The van der Waals surface area contributed by atoms with Crippen LogP contribution in [0.4, 0.5) is 5.69 Å². The van der Waals surface area contributed by atoms with Gasteiger partial charge in [-0.15, -0.1) is 0 Å². The quantitative estimate of drug-likeness (QED) is 0.408. The Bertz CT molecular complexity index is 696. The van der Waals surface area contributed by atoms with Crippen molar-refractivity contribution in [2.75, 3.05) is 6.61 Å². The van der Waals surface area contributed by atoms with Crippen LogP contribution in [0.5, 0.6) is 0 Å². The van der Waals surface area contributed by atoms with E-state index in [-0.39, 0.29) is 12.3 Å². The van der Waals surface area contributed by atoms with Gasteiger partial charge in [0.25, 0.3) is 5.69 Å². The number of nitrogens with one attached hydrogen (secondary N) is 1. The Hall–Kier alpha value is -2.42. The molecule has 0 unspecified atom stereocenters. The minimum Gasteiger partial charge on any atom is -0.480 e. The summed E-state index contributed by atoms with van der Waals surface area (Å²) >= 11 is 0.906. The molecular weight excluding hydrogens is 332 g/mol. The predicted molar refractivity (Wildman–Crippen MR) is 89.6 cm³/mol. The van der Waals surface area contributed by atoms with Crippen LogP contribution < -0.4 is 4.72 Å². The maximum atomic E-state index is 11.3. The maximum absolute atomic E-state index is 11.3. The van der Waals surface area contributed by atoms with Gasteiger partial charge in [-0.05, 0) is 23.6 Å². The Morgan fingerprint density at radius 1 is 1.21 bits per heavy atom. The van der Waals surface area contributed by atoms with Crippen LogP contribution in [0.15, 0.2) is 59.5 Å². The molecule has 24 heavy (non-hydrogen) atoms. The van der Waals surface area contributed by atoms with Crippen LogP contribution in [-0.4, -0.2) is 28.6 Å². The summed E-state index contributed by atoms with van der Waals surface area (Å²) in [6.07, 6.45) is 0. The normalized spacial score (nSPS) is 11.8. The molecule has 7 nitrogen and oxygen atoms in total. The molecule has 0 spiro atoms. The van der Waals surface area contributed by atoms with Gasteiger partial charge in [0.15, 0.2) is 0 Å². The fraction of sp³-hybridized carbons (Fsp3) is 0.188. The van der Waals surface area contributed by atoms with Crippen molar-refractivity contribution < 1.29 is 19.6 Å². The van der Waals surface area contributed by atoms with Crippen LogP contribution in [0.1, 0.15) is 5.56 Å². The third-order valence-electron chi connectivity index (χ3n) is 3.07. The summed E-state index contributed by atoms with van der Waals surface area (Å²) < 4.78 is 8.12. The lowest BCUT2D eigenvalue weighted by molar-refractivity contribution is -0.387. The van der Waals surface area contributed by atoms with Crippen molar-refractivity contribution in [1.29, 1.82) is 0 Å². The summed E-state index contributed by atoms with van der Waals surface area (Å²) in [4.78, 5) is 22.1. The summed E-state index contributed by atoms with van der Waals surface area (Å²) in [6, 6.07) is 14.5. The number of carboxylic acids is 1. The van der Waals surface area contributed by atoms with Gasteiger partial charge >= 0.3 is 5.97 Å². The number of para-hydroxylation sites is 1. The van der Waals surface area contributed by atoms with Crippen LogP contribution in [0.3, 0.4) is 0 Å². The lowest BCUT2D eigenvalue weighted by Gasteiger charge is -2.14. The zero-order valence-electron chi connectivity index (χ0n) is 12.6. The van der Waals surface area contributed by atoms with Crippen molar-refractivity contribution in [3.8, 4) is 0 Å². The molecule has 8 heteroatoms. The van der Waals surface area contributed by atoms with E-state index in [2.05, 4.69) is 4.72 Å². The van der Waals surface area contributed by atoms with Crippen molar-refractivity contribution in [2.24, 2.45) is 0 Å².